The van der Waals surface area contributed by atoms with Crippen LogP contribution >= 0.6 is 0 Å². The van der Waals surface area contributed by atoms with Gasteiger partial charge in [0.05, 0.1) is 16.8 Å². The molecule has 0 aromatic heterocycles. The fourth-order valence-electron chi connectivity index (χ4n) is 7.29. The standard InChI is InChI=1S/C15H22O3/c1-12-2-8-10-4-13(16)5-11(14(10,17)6-12)9(3-12)15(8,18)7-13/h8-11,16-18H,2-7H2,1H3. The lowest BCUT2D eigenvalue weighted by Crippen LogP contribution is -2.82. The van der Waals surface area contributed by atoms with Gasteiger partial charge < -0.3 is 15.3 Å². The summed E-state index contributed by atoms with van der Waals surface area (Å²) in [4.78, 5) is 0. The average Bonchev–Trinajstić information content (AvgIpc) is 2.23. The van der Waals surface area contributed by atoms with Crippen LogP contribution in [0.5, 0.6) is 0 Å². The maximum atomic E-state index is 11.2. The number of hydrogen-bond acceptors (Lipinski definition) is 3. The highest BCUT2D eigenvalue weighted by atomic mass is 16.3. The third-order valence-electron chi connectivity index (χ3n) is 7.49. The van der Waals surface area contributed by atoms with Gasteiger partial charge in [0, 0.05) is 6.42 Å². The van der Waals surface area contributed by atoms with Gasteiger partial charge in [0.2, 0.25) is 0 Å². The molecule has 7 aliphatic carbocycles. The highest BCUT2D eigenvalue weighted by molar-refractivity contribution is 5.29. The van der Waals surface area contributed by atoms with Crippen molar-refractivity contribution >= 4 is 0 Å². The molecule has 0 heterocycles. The predicted molar refractivity (Wildman–Crippen MR) is 64.6 cm³/mol. The lowest BCUT2D eigenvalue weighted by Gasteiger charge is -2.78. The maximum absolute atomic E-state index is 11.2. The zero-order valence-electron chi connectivity index (χ0n) is 10.9. The van der Waals surface area contributed by atoms with Gasteiger partial charge in [-0.2, -0.15) is 0 Å². The lowest BCUT2D eigenvalue weighted by atomic mass is 9.29. The first-order valence-electron chi connectivity index (χ1n) is 7.45. The van der Waals surface area contributed by atoms with E-state index >= 15 is 0 Å². The monoisotopic (exact) mass is 250 g/mol. The van der Waals surface area contributed by atoms with E-state index in [0.29, 0.717) is 6.42 Å². The molecular formula is C15H22O3. The molecule has 8 bridgehead atoms. The first-order chi connectivity index (χ1) is 8.28. The molecule has 7 rings (SSSR count). The fourth-order valence-corrected chi connectivity index (χ4v) is 7.29. The van der Waals surface area contributed by atoms with Gasteiger partial charge >= 0.3 is 0 Å². The van der Waals surface area contributed by atoms with E-state index in [0.717, 1.165) is 32.1 Å². The summed E-state index contributed by atoms with van der Waals surface area (Å²) in [6.07, 6.45) is 5.00. The van der Waals surface area contributed by atoms with Gasteiger partial charge in [-0.05, 0) is 61.2 Å². The summed E-state index contributed by atoms with van der Waals surface area (Å²) in [5.41, 5.74) is -1.71. The van der Waals surface area contributed by atoms with E-state index in [1.165, 1.54) is 0 Å². The zero-order valence-corrected chi connectivity index (χ0v) is 10.9. The van der Waals surface area contributed by atoms with Crippen LogP contribution in [0.2, 0.25) is 0 Å². The minimum absolute atomic E-state index is 0.143. The molecule has 0 aromatic carbocycles. The van der Waals surface area contributed by atoms with Crippen LogP contribution in [-0.4, -0.2) is 32.1 Å². The molecule has 0 amide bonds. The first-order valence-corrected chi connectivity index (χ1v) is 7.45. The number of aliphatic hydroxyl groups is 3. The molecular weight excluding hydrogens is 228 g/mol. The summed E-state index contributed by atoms with van der Waals surface area (Å²) in [6.45, 7) is 2.29. The SMILES string of the molecule is CC12CC3C4CC5(O)CC(C(C1)C3(O)C5)C4(O)C2. The molecule has 7 saturated carbocycles. The molecule has 3 nitrogen and oxygen atoms in total. The van der Waals surface area contributed by atoms with Gasteiger partial charge in [-0.15, -0.1) is 0 Å². The van der Waals surface area contributed by atoms with Crippen molar-refractivity contribution in [3.63, 3.8) is 0 Å². The molecule has 0 radical (unpaired) electrons. The Hall–Kier alpha value is -0.120. The van der Waals surface area contributed by atoms with Gasteiger partial charge in [0.1, 0.15) is 0 Å². The van der Waals surface area contributed by atoms with Crippen LogP contribution in [0.1, 0.15) is 45.4 Å². The van der Waals surface area contributed by atoms with E-state index < -0.39 is 16.8 Å². The highest BCUT2D eigenvalue weighted by Gasteiger charge is 2.79. The van der Waals surface area contributed by atoms with Crippen LogP contribution < -0.4 is 0 Å². The van der Waals surface area contributed by atoms with Crippen molar-refractivity contribution in [3.05, 3.63) is 0 Å². The Balaban J connectivity index is 1.76. The average molecular weight is 250 g/mol. The molecule has 0 aliphatic heterocycles. The van der Waals surface area contributed by atoms with Crippen molar-refractivity contribution in [2.45, 2.75) is 62.3 Å². The highest BCUT2D eigenvalue weighted by Crippen LogP contribution is 2.77. The summed E-state index contributed by atoms with van der Waals surface area (Å²) < 4.78 is 0. The first kappa shape index (κ1) is 10.6. The van der Waals surface area contributed by atoms with E-state index in [-0.39, 0.29) is 29.1 Å². The number of hydrogen-bond donors (Lipinski definition) is 3. The fraction of sp³-hybridized carbons (Fsp3) is 1.00. The predicted octanol–water partition coefficient (Wildman–Crippen LogP) is 1.06. The Morgan fingerprint density at radius 1 is 0.722 bits per heavy atom. The molecule has 3 N–H and O–H groups in total. The summed E-state index contributed by atoms with van der Waals surface area (Å²) in [5, 5.41) is 33.0. The Bertz CT molecular complexity index is 391. The van der Waals surface area contributed by atoms with Crippen molar-refractivity contribution in [1.29, 1.82) is 0 Å². The molecule has 7 fully saturated rings. The third kappa shape index (κ3) is 0.862. The van der Waals surface area contributed by atoms with Crippen molar-refractivity contribution in [3.8, 4) is 0 Å². The van der Waals surface area contributed by atoms with Gasteiger partial charge in [0.25, 0.3) is 0 Å². The smallest absolute Gasteiger partial charge is 0.0739 e. The lowest BCUT2D eigenvalue weighted by molar-refractivity contribution is -0.380. The Morgan fingerprint density at radius 2 is 1.17 bits per heavy atom. The van der Waals surface area contributed by atoms with Crippen molar-refractivity contribution in [1.82, 2.24) is 0 Å². The van der Waals surface area contributed by atoms with E-state index in [1.54, 1.807) is 0 Å². The molecule has 7 aliphatic rings. The van der Waals surface area contributed by atoms with E-state index in [1.807, 2.05) is 0 Å². The Morgan fingerprint density at radius 3 is 1.72 bits per heavy atom. The van der Waals surface area contributed by atoms with Crippen LogP contribution in [0.15, 0.2) is 0 Å². The normalized spacial score (nSPS) is 75.3. The summed E-state index contributed by atoms with van der Waals surface area (Å²) in [5.74, 6) is 0.753. The summed E-state index contributed by atoms with van der Waals surface area (Å²) in [6, 6.07) is 0. The molecule has 0 aromatic rings. The van der Waals surface area contributed by atoms with Crippen molar-refractivity contribution < 1.29 is 15.3 Å². The van der Waals surface area contributed by atoms with Crippen molar-refractivity contribution in [2.24, 2.45) is 29.1 Å². The summed E-state index contributed by atoms with van der Waals surface area (Å²) in [7, 11) is 0. The molecule has 100 valence electrons. The second kappa shape index (κ2) is 2.43. The second-order valence-corrected chi connectivity index (χ2v) is 8.61. The largest absolute Gasteiger partial charge is 0.390 e. The van der Waals surface area contributed by atoms with Gasteiger partial charge in [-0.1, -0.05) is 6.92 Å². The van der Waals surface area contributed by atoms with Crippen LogP contribution in [0.25, 0.3) is 0 Å². The van der Waals surface area contributed by atoms with Crippen LogP contribution in [-0.2, 0) is 0 Å². The minimum Gasteiger partial charge on any atom is -0.390 e. The molecule has 18 heavy (non-hydrogen) atoms. The van der Waals surface area contributed by atoms with E-state index in [4.69, 9.17) is 0 Å². The molecule has 3 heteroatoms. The molecule has 4 unspecified atom stereocenters. The third-order valence-corrected chi connectivity index (χ3v) is 7.49. The molecule has 0 spiro atoms. The quantitative estimate of drug-likeness (QED) is 0.602. The van der Waals surface area contributed by atoms with E-state index in [9.17, 15) is 15.3 Å². The summed E-state index contributed by atoms with van der Waals surface area (Å²) >= 11 is 0. The topological polar surface area (TPSA) is 60.7 Å². The van der Waals surface area contributed by atoms with Gasteiger partial charge in [-0.3, -0.25) is 0 Å². The van der Waals surface area contributed by atoms with E-state index in [2.05, 4.69) is 6.92 Å². The van der Waals surface area contributed by atoms with Crippen LogP contribution in [0.3, 0.4) is 0 Å². The second-order valence-electron chi connectivity index (χ2n) is 8.61. The number of rotatable bonds is 0. The van der Waals surface area contributed by atoms with Crippen LogP contribution in [0, 0.1) is 29.1 Å². The Kier molecular flexibility index (Phi) is 1.43. The molecule has 0 saturated heterocycles. The van der Waals surface area contributed by atoms with Crippen LogP contribution in [0.4, 0.5) is 0 Å². The zero-order chi connectivity index (χ0) is 12.6. The van der Waals surface area contributed by atoms with Gasteiger partial charge in [-0.25, -0.2) is 0 Å². The van der Waals surface area contributed by atoms with Crippen molar-refractivity contribution in [2.75, 3.05) is 0 Å². The van der Waals surface area contributed by atoms with Gasteiger partial charge in [0.15, 0.2) is 0 Å². The maximum Gasteiger partial charge on any atom is 0.0739 e. The minimum atomic E-state index is -0.686. The molecule has 4 atom stereocenters. The Labute approximate surface area is 107 Å².